The van der Waals surface area contributed by atoms with Crippen LogP contribution in [0.2, 0.25) is 10.1 Å². The summed E-state index contributed by atoms with van der Waals surface area (Å²) in [6.45, 7) is 0. The molecule has 0 nitrogen and oxygen atoms in total. The van der Waals surface area contributed by atoms with Crippen molar-refractivity contribution in [1.29, 1.82) is 0 Å². The molecule has 1 heteroatoms. The average Bonchev–Trinajstić information content (AvgIpc) is 2.59. The second-order valence-corrected chi connectivity index (χ2v) is 6.28. The molecule has 1 heterocycles. The van der Waals surface area contributed by atoms with Crippen LogP contribution in [0.25, 0.3) is 0 Å². The van der Waals surface area contributed by atoms with Crippen LogP contribution in [0.5, 0.6) is 0 Å². The predicted octanol–water partition coefficient (Wildman–Crippen LogP) is 2.93. The van der Waals surface area contributed by atoms with E-state index >= 15 is 0 Å². The Morgan fingerprint density at radius 3 is 2.75 bits per heavy atom. The van der Waals surface area contributed by atoms with E-state index in [-0.39, 0.29) is 0 Å². The molecule has 0 aromatic heterocycles. The van der Waals surface area contributed by atoms with Crippen molar-refractivity contribution in [2.24, 2.45) is 0 Å². The molecule has 64 valence electrons. The summed E-state index contributed by atoms with van der Waals surface area (Å²) in [5.74, 6) is 0. The minimum absolute atomic E-state index is 0.940. The van der Waals surface area contributed by atoms with Gasteiger partial charge >= 0.3 is 80.3 Å². The molecule has 1 unspecified atom stereocenters. The number of hydrogen-bond acceptors (Lipinski definition) is 0. The van der Waals surface area contributed by atoms with Crippen LogP contribution in [0.15, 0.2) is 30.3 Å². The molecule has 0 radical (unpaired) electrons. The molecule has 0 saturated carbocycles. The zero-order chi connectivity index (χ0) is 8.23. The topological polar surface area (TPSA) is 0 Å². The van der Waals surface area contributed by atoms with E-state index in [9.17, 15) is 0 Å². The molecule has 0 amide bonds. The Hall–Kier alpha value is -0.261. The van der Waals surface area contributed by atoms with Crippen molar-refractivity contribution in [1.82, 2.24) is 0 Å². The standard InChI is InChI=1S/C11H14Se/c1-2-5-10(6-3-1)9-11-7-4-8-12-11/h1-3,5-6,11H,4,7-9H2. The van der Waals surface area contributed by atoms with Crippen molar-refractivity contribution in [2.45, 2.75) is 29.4 Å². The molecule has 1 aliphatic heterocycles. The normalized spacial score (nSPS) is 22.8. The van der Waals surface area contributed by atoms with Crippen LogP contribution in [0.1, 0.15) is 18.4 Å². The molecule has 0 N–H and O–H groups in total. The Morgan fingerprint density at radius 2 is 2.08 bits per heavy atom. The number of hydrogen-bond donors (Lipinski definition) is 0. The second-order valence-electron chi connectivity index (χ2n) is 3.32. The third-order valence-corrected chi connectivity index (χ3v) is 5.26. The van der Waals surface area contributed by atoms with E-state index in [4.69, 9.17) is 0 Å². The maximum atomic E-state index is 2.26. The molecular weight excluding hydrogens is 211 g/mol. The molecule has 1 atom stereocenters. The first-order valence-electron chi connectivity index (χ1n) is 4.61. The van der Waals surface area contributed by atoms with E-state index in [2.05, 4.69) is 30.3 Å². The summed E-state index contributed by atoms with van der Waals surface area (Å²) in [6, 6.07) is 10.9. The summed E-state index contributed by atoms with van der Waals surface area (Å²) in [5.41, 5.74) is 1.53. The van der Waals surface area contributed by atoms with Gasteiger partial charge < -0.3 is 0 Å². The zero-order valence-electron chi connectivity index (χ0n) is 7.20. The van der Waals surface area contributed by atoms with Crippen LogP contribution in [0.3, 0.4) is 0 Å². The van der Waals surface area contributed by atoms with Gasteiger partial charge in [0.05, 0.1) is 0 Å². The summed E-state index contributed by atoms with van der Waals surface area (Å²) in [7, 11) is 0. The van der Waals surface area contributed by atoms with Crippen molar-refractivity contribution in [2.75, 3.05) is 0 Å². The van der Waals surface area contributed by atoms with Gasteiger partial charge in [-0.05, 0) is 0 Å². The van der Waals surface area contributed by atoms with Crippen molar-refractivity contribution in [3.05, 3.63) is 35.9 Å². The van der Waals surface area contributed by atoms with E-state index < -0.39 is 0 Å². The van der Waals surface area contributed by atoms with Crippen LogP contribution >= 0.6 is 0 Å². The van der Waals surface area contributed by atoms with Crippen LogP contribution in [-0.2, 0) is 6.42 Å². The fourth-order valence-electron chi connectivity index (χ4n) is 1.68. The fraction of sp³-hybridized carbons (Fsp3) is 0.455. The first-order chi connectivity index (χ1) is 5.95. The Bertz CT molecular complexity index is 224. The van der Waals surface area contributed by atoms with Crippen molar-refractivity contribution in [3.63, 3.8) is 0 Å². The van der Waals surface area contributed by atoms with Gasteiger partial charge in [0, 0.05) is 0 Å². The maximum absolute atomic E-state index is 2.26. The van der Waals surface area contributed by atoms with Gasteiger partial charge in [-0.1, -0.05) is 0 Å². The Kier molecular flexibility index (Phi) is 2.86. The Balaban J connectivity index is 1.94. The molecule has 1 aliphatic rings. The molecular formula is C11H14Se. The van der Waals surface area contributed by atoms with Gasteiger partial charge in [0.2, 0.25) is 0 Å². The molecule has 12 heavy (non-hydrogen) atoms. The van der Waals surface area contributed by atoms with E-state index in [0.29, 0.717) is 0 Å². The predicted molar refractivity (Wildman–Crippen MR) is 53.7 cm³/mol. The number of benzene rings is 1. The minimum atomic E-state index is 0.940. The summed E-state index contributed by atoms with van der Waals surface area (Å²) < 4.78 is 0. The van der Waals surface area contributed by atoms with Crippen molar-refractivity contribution < 1.29 is 0 Å². The molecule has 1 aromatic rings. The number of rotatable bonds is 2. The van der Waals surface area contributed by atoms with Crippen LogP contribution in [-0.4, -0.2) is 15.0 Å². The summed E-state index contributed by atoms with van der Waals surface area (Å²) in [6.07, 6.45) is 4.30. The Labute approximate surface area is 80.5 Å². The van der Waals surface area contributed by atoms with Gasteiger partial charge in [-0.25, -0.2) is 0 Å². The quantitative estimate of drug-likeness (QED) is 0.679. The van der Waals surface area contributed by atoms with Crippen molar-refractivity contribution in [3.8, 4) is 0 Å². The molecule has 1 aromatic carbocycles. The first-order valence-corrected chi connectivity index (χ1v) is 6.81. The third kappa shape index (κ3) is 2.12. The van der Waals surface area contributed by atoms with Gasteiger partial charge in [0.1, 0.15) is 0 Å². The van der Waals surface area contributed by atoms with Crippen LogP contribution in [0, 0.1) is 0 Å². The molecule has 1 fully saturated rings. The van der Waals surface area contributed by atoms with E-state index in [1.807, 2.05) is 0 Å². The van der Waals surface area contributed by atoms with Crippen LogP contribution in [0.4, 0.5) is 0 Å². The fourth-order valence-corrected chi connectivity index (χ4v) is 4.43. The van der Waals surface area contributed by atoms with Crippen molar-refractivity contribution >= 4 is 15.0 Å². The van der Waals surface area contributed by atoms with Gasteiger partial charge in [-0.3, -0.25) is 0 Å². The summed E-state index contributed by atoms with van der Waals surface area (Å²) in [4.78, 5) is 1.04. The first kappa shape index (κ1) is 8.34. The zero-order valence-corrected chi connectivity index (χ0v) is 8.91. The van der Waals surface area contributed by atoms with Gasteiger partial charge in [0.15, 0.2) is 0 Å². The van der Waals surface area contributed by atoms with Gasteiger partial charge in [0.25, 0.3) is 0 Å². The van der Waals surface area contributed by atoms with E-state index in [1.54, 1.807) is 0 Å². The summed E-state index contributed by atoms with van der Waals surface area (Å²) in [5, 5.41) is 1.52. The average molecular weight is 225 g/mol. The monoisotopic (exact) mass is 226 g/mol. The van der Waals surface area contributed by atoms with E-state index in [1.165, 1.54) is 30.1 Å². The Morgan fingerprint density at radius 1 is 1.25 bits per heavy atom. The SMILES string of the molecule is c1ccc(CC2CCC[Se]2)cc1. The molecule has 0 bridgehead atoms. The molecule has 0 spiro atoms. The third-order valence-electron chi connectivity index (χ3n) is 2.33. The van der Waals surface area contributed by atoms with Gasteiger partial charge in [-0.2, -0.15) is 0 Å². The van der Waals surface area contributed by atoms with Crippen LogP contribution < -0.4 is 0 Å². The van der Waals surface area contributed by atoms with Gasteiger partial charge in [-0.15, -0.1) is 0 Å². The second kappa shape index (κ2) is 4.11. The van der Waals surface area contributed by atoms with E-state index in [0.717, 1.165) is 19.8 Å². The molecule has 1 saturated heterocycles. The molecule has 0 aliphatic carbocycles. The summed E-state index contributed by atoms with van der Waals surface area (Å²) >= 11 is 0.940. The molecule has 2 rings (SSSR count).